The number of likely N-dealkylation sites (tertiary alicyclic amines) is 1. The summed E-state index contributed by atoms with van der Waals surface area (Å²) in [4.78, 5) is 17.1. The van der Waals surface area contributed by atoms with Crippen LogP contribution in [0.1, 0.15) is 18.4 Å². The monoisotopic (exact) mass is 390 g/mol. The number of piperidine rings is 1. The molecule has 0 aliphatic carbocycles. The van der Waals surface area contributed by atoms with E-state index in [1.54, 1.807) is 13.3 Å². The maximum Gasteiger partial charge on any atom is 0.227 e. The molecule has 0 spiro atoms. The second-order valence-corrected chi connectivity index (χ2v) is 7.49. The van der Waals surface area contributed by atoms with Crippen molar-refractivity contribution in [3.63, 3.8) is 0 Å². The van der Waals surface area contributed by atoms with E-state index in [2.05, 4.69) is 28.2 Å². The minimum absolute atomic E-state index is 0.181. The summed E-state index contributed by atoms with van der Waals surface area (Å²) in [5, 5.41) is 10.4. The summed E-state index contributed by atoms with van der Waals surface area (Å²) >= 11 is 0. The maximum atomic E-state index is 13.0. The number of aromatic nitrogens is 2. The standard InChI is InChI=1S/C23H26N4O2/c1-26(22-7-4-12-24-25-22)19-10-13-27(14-11-19)23(28)15-18-6-3-5-17-8-9-20(29-2)16-21(17)18/h3-9,12,16,19H,10-11,13-15H2,1-2H3. The van der Waals surface area contributed by atoms with Gasteiger partial charge in [0.05, 0.1) is 13.5 Å². The second kappa shape index (κ2) is 8.47. The normalized spacial score (nSPS) is 14.8. The van der Waals surface area contributed by atoms with Gasteiger partial charge in [-0.2, -0.15) is 5.10 Å². The van der Waals surface area contributed by atoms with Crippen LogP contribution in [0.3, 0.4) is 0 Å². The number of amides is 1. The van der Waals surface area contributed by atoms with Crippen LogP contribution >= 0.6 is 0 Å². The lowest BCUT2D eigenvalue weighted by atomic mass is 9.99. The van der Waals surface area contributed by atoms with Crippen molar-refractivity contribution in [2.24, 2.45) is 0 Å². The van der Waals surface area contributed by atoms with E-state index >= 15 is 0 Å². The first-order valence-corrected chi connectivity index (χ1v) is 9.99. The Kier molecular flexibility index (Phi) is 5.60. The summed E-state index contributed by atoms with van der Waals surface area (Å²) in [5.74, 6) is 1.87. The van der Waals surface area contributed by atoms with Gasteiger partial charge in [0.25, 0.3) is 0 Å². The number of ether oxygens (including phenoxy) is 1. The van der Waals surface area contributed by atoms with Gasteiger partial charge < -0.3 is 14.5 Å². The molecule has 1 aliphatic heterocycles. The zero-order valence-corrected chi connectivity index (χ0v) is 16.9. The third-order valence-electron chi connectivity index (χ3n) is 5.81. The van der Waals surface area contributed by atoms with Crippen molar-refractivity contribution >= 4 is 22.5 Å². The maximum absolute atomic E-state index is 13.0. The molecule has 6 nitrogen and oxygen atoms in total. The van der Waals surface area contributed by atoms with Crippen LogP contribution in [0.2, 0.25) is 0 Å². The van der Waals surface area contributed by atoms with Crippen LogP contribution in [-0.2, 0) is 11.2 Å². The minimum Gasteiger partial charge on any atom is -0.497 e. The quantitative estimate of drug-likeness (QED) is 0.669. The van der Waals surface area contributed by atoms with Crippen LogP contribution in [0.5, 0.6) is 5.75 Å². The number of rotatable bonds is 5. The van der Waals surface area contributed by atoms with Gasteiger partial charge >= 0.3 is 0 Å². The number of nitrogens with zero attached hydrogens (tertiary/aromatic N) is 4. The fraction of sp³-hybridized carbons (Fsp3) is 0.348. The third-order valence-corrected chi connectivity index (χ3v) is 5.81. The Morgan fingerprint density at radius 3 is 2.72 bits per heavy atom. The lowest BCUT2D eigenvalue weighted by molar-refractivity contribution is -0.131. The molecule has 1 saturated heterocycles. The van der Waals surface area contributed by atoms with E-state index in [0.29, 0.717) is 12.5 Å². The van der Waals surface area contributed by atoms with E-state index in [4.69, 9.17) is 4.74 Å². The molecule has 2 aromatic carbocycles. The molecular weight excluding hydrogens is 364 g/mol. The SMILES string of the molecule is COc1ccc2cccc(CC(=O)N3CCC(N(C)c4cccnn4)CC3)c2c1. The molecule has 1 fully saturated rings. The number of hydrogen-bond donors (Lipinski definition) is 0. The van der Waals surface area contributed by atoms with Crippen LogP contribution in [0.25, 0.3) is 10.8 Å². The molecule has 3 aromatic rings. The largest absolute Gasteiger partial charge is 0.497 e. The smallest absolute Gasteiger partial charge is 0.227 e. The highest BCUT2D eigenvalue weighted by Gasteiger charge is 2.26. The average molecular weight is 390 g/mol. The zero-order chi connectivity index (χ0) is 20.2. The number of hydrogen-bond acceptors (Lipinski definition) is 5. The third kappa shape index (κ3) is 4.16. The van der Waals surface area contributed by atoms with E-state index in [-0.39, 0.29) is 5.91 Å². The molecule has 0 saturated carbocycles. The van der Waals surface area contributed by atoms with Gasteiger partial charge in [0.1, 0.15) is 5.75 Å². The van der Waals surface area contributed by atoms with Crippen molar-refractivity contribution in [3.8, 4) is 5.75 Å². The summed E-state index contributed by atoms with van der Waals surface area (Å²) in [6, 6.07) is 16.4. The summed E-state index contributed by atoms with van der Waals surface area (Å²) < 4.78 is 5.36. The molecule has 2 heterocycles. The summed E-state index contributed by atoms with van der Waals surface area (Å²) in [5.41, 5.74) is 1.05. The Balaban J connectivity index is 1.41. The van der Waals surface area contributed by atoms with Crippen molar-refractivity contribution in [1.82, 2.24) is 15.1 Å². The van der Waals surface area contributed by atoms with Crippen LogP contribution in [0, 0.1) is 0 Å². The van der Waals surface area contributed by atoms with E-state index in [1.807, 2.05) is 47.4 Å². The minimum atomic E-state index is 0.181. The Morgan fingerprint density at radius 1 is 1.17 bits per heavy atom. The zero-order valence-electron chi connectivity index (χ0n) is 16.9. The molecule has 6 heteroatoms. The van der Waals surface area contributed by atoms with Crippen LogP contribution in [-0.4, -0.2) is 54.3 Å². The highest BCUT2D eigenvalue weighted by molar-refractivity contribution is 5.91. The van der Waals surface area contributed by atoms with Crippen LogP contribution < -0.4 is 9.64 Å². The molecule has 0 atom stereocenters. The Morgan fingerprint density at radius 2 is 2.00 bits per heavy atom. The van der Waals surface area contributed by atoms with Crippen LogP contribution in [0.15, 0.2) is 54.7 Å². The van der Waals surface area contributed by atoms with E-state index in [9.17, 15) is 4.79 Å². The Labute approximate surface area is 171 Å². The fourth-order valence-corrected chi connectivity index (χ4v) is 4.04. The van der Waals surface area contributed by atoms with Crippen molar-refractivity contribution in [2.45, 2.75) is 25.3 Å². The predicted octanol–water partition coefficient (Wildman–Crippen LogP) is 3.31. The molecule has 0 radical (unpaired) electrons. The van der Waals surface area contributed by atoms with Crippen molar-refractivity contribution in [2.75, 3.05) is 32.1 Å². The van der Waals surface area contributed by atoms with Crippen molar-refractivity contribution in [1.29, 1.82) is 0 Å². The number of carbonyl (C=O) groups is 1. The molecule has 4 rings (SSSR count). The summed E-state index contributed by atoms with van der Waals surface area (Å²) in [7, 11) is 3.72. The molecule has 1 aromatic heterocycles. The predicted molar refractivity (Wildman–Crippen MR) is 114 cm³/mol. The lowest BCUT2D eigenvalue weighted by Crippen LogP contribution is -2.46. The first-order valence-electron chi connectivity index (χ1n) is 9.99. The Bertz CT molecular complexity index is 985. The fourth-order valence-electron chi connectivity index (χ4n) is 4.04. The van der Waals surface area contributed by atoms with Gasteiger partial charge in [-0.15, -0.1) is 5.10 Å². The van der Waals surface area contributed by atoms with Crippen LogP contribution in [0.4, 0.5) is 5.82 Å². The molecule has 150 valence electrons. The van der Waals surface area contributed by atoms with Gasteiger partial charge in [-0.1, -0.05) is 24.3 Å². The molecule has 1 aliphatic rings. The summed E-state index contributed by atoms with van der Waals surface area (Å²) in [6.07, 6.45) is 3.96. The van der Waals surface area contributed by atoms with Gasteiger partial charge in [-0.3, -0.25) is 4.79 Å². The molecule has 1 amide bonds. The lowest BCUT2D eigenvalue weighted by Gasteiger charge is -2.37. The van der Waals surface area contributed by atoms with Crippen molar-refractivity contribution < 1.29 is 9.53 Å². The molecule has 0 bridgehead atoms. The number of carbonyl (C=O) groups excluding carboxylic acids is 1. The topological polar surface area (TPSA) is 58.6 Å². The van der Waals surface area contributed by atoms with Gasteiger partial charge in [-0.25, -0.2) is 0 Å². The van der Waals surface area contributed by atoms with Gasteiger partial charge in [-0.05, 0) is 53.4 Å². The van der Waals surface area contributed by atoms with Gasteiger partial charge in [0.2, 0.25) is 5.91 Å². The first kappa shape index (κ1) is 19.2. The number of fused-ring (bicyclic) bond motifs is 1. The first-order chi connectivity index (χ1) is 14.2. The Hall–Kier alpha value is -3.15. The molecule has 29 heavy (non-hydrogen) atoms. The molecular formula is C23H26N4O2. The second-order valence-electron chi connectivity index (χ2n) is 7.49. The van der Waals surface area contributed by atoms with E-state index in [1.165, 1.54) is 0 Å². The highest BCUT2D eigenvalue weighted by atomic mass is 16.5. The molecule has 0 unspecified atom stereocenters. The number of methoxy groups -OCH3 is 1. The average Bonchev–Trinajstić information content (AvgIpc) is 2.79. The van der Waals surface area contributed by atoms with E-state index < -0.39 is 0 Å². The number of anilines is 1. The van der Waals surface area contributed by atoms with Gasteiger partial charge in [0, 0.05) is 32.4 Å². The summed E-state index contributed by atoms with van der Waals surface area (Å²) in [6.45, 7) is 1.53. The van der Waals surface area contributed by atoms with Crippen molar-refractivity contribution in [3.05, 3.63) is 60.3 Å². The van der Waals surface area contributed by atoms with Gasteiger partial charge in [0.15, 0.2) is 5.82 Å². The number of benzene rings is 2. The highest BCUT2D eigenvalue weighted by Crippen LogP contribution is 2.26. The van der Waals surface area contributed by atoms with E-state index in [0.717, 1.165) is 53.8 Å². The molecule has 0 N–H and O–H groups in total.